The minimum Gasteiger partial charge on any atom is -0.324 e. The van der Waals surface area contributed by atoms with Crippen molar-refractivity contribution in [3.05, 3.63) is 28.2 Å². The topological polar surface area (TPSA) is 41.1 Å². The predicted molar refractivity (Wildman–Crippen MR) is 68.8 cm³/mol. The van der Waals surface area contributed by atoms with E-state index in [2.05, 4.69) is 26.6 Å². The van der Waals surface area contributed by atoms with Crippen molar-refractivity contribution in [1.82, 2.24) is 5.32 Å². The van der Waals surface area contributed by atoms with Crippen molar-refractivity contribution < 1.29 is 18.0 Å². The maximum Gasteiger partial charge on any atom is 0.418 e. The summed E-state index contributed by atoms with van der Waals surface area (Å²) in [6.45, 7) is 0.713. The third-order valence-corrected chi connectivity index (χ3v) is 3.41. The van der Waals surface area contributed by atoms with Crippen molar-refractivity contribution >= 4 is 27.5 Å². The fourth-order valence-corrected chi connectivity index (χ4v) is 2.35. The van der Waals surface area contributed by atoms with Crippen LogP contribution in [0, 0.1) is 0 Å². The summed E-state index contributed by atoms with van der Waals surface area (Å²) in [4.78, 5) is 11.8. The largest absolute Gasteiger partial charge is 0.418 e. The lowest BCUT2D eigenvalue weighted by Gasteiger charge is -2.16. The Bertz CT molecular complexity index is 484. The van der Waals surface area contributed by atoms with Gasteiger partial charge in [0.15, 0.2) is 0 Å². The molecule has 0 spiro atoms. The van der Waals surface area contributed by atoms with Crippen LogP contribution < -0.4 is 10.6 Å². The van der Waals surface area contributed by atoms with Crippen LogP contribution in [0.2, 0.25) is 0 Å². The molecular formula is C12H12BrF3N2O. The zero-order valence-corrected chi connectivity index (χ0v) is 11.4. The van der Waals surface area contributed by atoms with Gasteiger partial charge in [0.2, 0.25) is 5.91 Å². The molecule has 1 heterocycles. The Kier molecular flexibility index (Phi) is 4.15. The minimum atomic E-state index is -4.50. The molecule has 1 aliphatic heterocycles. The van der Waals surface area contributed by atoms with Crippen LogP contribution in [-0.2, 0) is 11.0 Å². The summed E-state index contributed by atoms with van der Waals surface area (Å²) >= 11 is 3.00. The van der Waals surface area contributed by atoms with E-state index in [1.54, 1.807) is 0 Å². The Morgan fingerprint density at radius 3 is 2.74 bits per heavy atom. The van der Waals surface area contributed by atoms with E-state index in [0.29, 0.717) is 17.4 Å². The van der Waals surface area contributed by atoms with Gasteiger partial charge in [-0.05, 0) is 37.6 Å². The van der Waals surface area contributed by atoms with Gasteiger partial charge in [-0.3, -0.25) is 4.79 Å². The van der Waals surface area contributed by atoms with Crippen molar-refractivity contribution in [1.29, 1.82) is 0 Å². The lowest BCUT2D eigenvalue weighted by atomic mass is 10.1. The summed E-state index contributed by atoms with van der Waals surface area (Å²) in [5.74, 6) is -0.426. The summed E-state index contributed by atoms with van der Waals surface area (Å²) in [7, 11) is 0. The van der Waals surface area contributed by atoms with Gasteiger partial charge in [-0.15, -0.1) is 0 Å². The monoisotopic (exact) mass is 336 g/mol. The van der Waals surface area contributed by atoms with Gasteiger partial charge >= 0.3 is 6.18 Å². The fourth-order valence-electron chi connectivity index (χ4n) is 1.99. The van der Waals surface area contributed by atoms with Gasteiger partial charge in [0.05, 0.1) is 17.3 Å². The number of hydrogen-bond acceptors (Lipinski definition) is 2. The van der Waals surface area contributed by atoms with E-state index in [1.165, 1.54) is 12.1 Å². The van der Waals surface area contributed by atoms with Crippen LogP contribution in [0.3, 0.4) is 0 Å². The van der Waals surface area contributed by atoms with Gasteiger partial charge in [-0.2, -0.15) is 13.2 Å². The molecule has 1 amide bonds. The third kappa shape index (κ3) is 3.48. The first-order valence-electron chi connectivity index (χ1n) is 5.79. The molecule has 1 aliphatic rings. The van der Waals surface area contributed by atoms with Gasteiger partial charge in [0.1, 0.15) is 0 Å². The highest BCUT2D eigenvalue weighted by atomic mass is 79.9. The normalized spacial score (nSPS) is 19.5. The van der Waals surface area contributed by atoms with Crippen LogP contribution >= 0.6 is 15.9 Å². The molecule has 1 saturated heterocycles. The molecule has 0 aliphatic carbocycles. The molecule has 104 valence electrons. The summed E-state index contributed by atoms with van der Waals surface area (Å²) in [5.41, 5.74) is -1.07. The molecule has 1 fully saturated rings. The number of amides is 1. The number of carbonyl (C=O) groups excluding carboxylic acids is 1. The Morgan fingerprint density at radius 1 is 1.42 bits per heavy atom. The molecule has 1 unspecified atom stereocenters. The average molecular weight is 337 g/mol. The van der Waals surface area contributed by atoms with Gasteiger partial charge < -0.3 is 10.6 Å². The maximum atomic E-state index is 12.9. The number of halogens is 4. The zero-order valence-electron chi connectivity index (χ0n) is 9.85. The summed E-state index contributed by atoms with van der Waals surface area (Å²) in [6, 6.07) is 3.26. The zero-order chi connectivity index (χ0) is 14.0. The number of carbonyl (C=O) groups is 1. The fraction of sp³-hybridized carbons (Fsp3) is 0.417. The summed E-state index contributed by atoms with van der Waals surface area (Å²) in [5, 5.41) is 5.29. The van der Waals surface area contributed by atoms with Gasteiger partial charge in [-0.1, -0.05) is 15.9 Å². The Balaban J connectivity index is 2.22. The number of benzene rings is 1. The number of anilines is 1. The molecule has 7 heteroatoms. The van der Waals surface area contributed by atoms with E-state index < -0.39 is 23.7 Å². The molecule has 2 rings (SSSR count). The third-order valence-electron chi connectivity index (χ3n) is 2.92. The van der Waals surface area contributed by atoms with Crippen LogP contribution in [0.25, 0.3) is 0 Å². The molecule has 19 heavy (non-hydrogen) atoms. The van der Waals surface area contributed by atoms with Crippen molar-refractivity contribution in [2.45, 2.75) is 25.1 Å². The van der Waals surface area contributed by atoms with Crippen LogP contribution in [0.4, 0.5) is 18.9 Å². The maximum absolute atomic E-state index is 12.9. The number of hydrogen-bond donors (Lipinski definition) is 2. The number of rotatable bonds is 2. The van der Waals surface area contributed by atoms with E-state index in [1.807, 2.05) is 0 Å². The first-order valence-corrected chi connectivity index (χ1v) is 6.58. The summed E-state index contributed by atoms with van der Waals surface area (Å²) in [6.07, 6.45) is -3.01. The number of nitrogens with one attached hydrogen (secondary N) is 2. The van der Waals surface area contributed by atoms with Crippen LogP contribution in [0.15, 0.2) is 22.7 Å². The molecule has 0 saturated carbocycles. The smallest absolute Gasteiger partial charge is 0.324 e. The molecule has 0 radical (unpaired) electrons. The molecule has 1 aromatic carbocycles. The van der Waals surface area contributed by atoms with Gasteiger partial charge in [0, 0.05) is 4.47 Å². The first-order chi connectivity index (χ1) is 8.88. The van der Waals surface area contributed by atoms with Crippen molar-refractivity contribution in [3.63, 3.8) is 0 Å². The Hall–Kier alpha value is -1.08. The second-order valence-electron chi connectivity index (χ2n) is 4.33. The van der Waals surface area contributed by atoms with Gasteiger partial charge in [-0.25, -0.2) is 0 Å². The lowest BCUT2D eigenvalue weighted by Crippen LogP contribution is -2.36. The molecule has 2 N–H and O–H groups in total. The van der Waals surface area contributed by atoms with Crippen molar-refractivity contribution in [3.8, 4) is 0 Å². The minimum absolute atomic E-state index is 0.214. The first kappa shape index (κ1) is 14.3. The second-order valence-corrected chi connectivity index (χ2v) is 5.24. The number of alkyl halides is 3. The van der Waals surface area contributed by atoms with E-state index in [-0.39, 0.29) is 5.69 Å². The van der Waals surface area contributed by atoms with E-state index in [9.17, 15) is 18.0 Å². The molecule has 1 atom stereocenters. The van der Waals surface area contributed by atoms with E-state index in [4.69, 9.17) is 0 Å². The molecule has 1 aromatic rings. The average Bonchev–Trinajstić information content (AvgIpc) is 2.83. The van der Waals surface area contributed by atoms with Crippen molar-refractivity contribution in [2.75, 3.05) is 11.9 Å². The van der Waals surface area contributed by atoms with Crippen LogP contribution in [0.1, 0.15) is 18.4 Å². The SMILES string of the molecule is O=C(Nc1ccc(Br)cc1C(F)(F)F)C1CCCN1. The second kappa shape index (κ2) is 5.50. The van der Waals surface area contributed by atoms with E-state index >= 15 is 0 Å². The Labute approximate surface area is 116 Å². The van der Waals surface area contributed by atoms with Crippen LogP contribution in [-0.4, -0.2) is 18.5 Å². The highest BCUT2D eigenvalue weighted by Crippen LogP contribution is 2.36. The highest BCUT2D eigenvalue weighted by Gasteiger charge is 2.34. The van der Waals surface area contributed by atoms with Crippen molar-refractivity contribution in [2.24, 2.45) is 0 Å². The lowest BCUT2D eigenvalue weighted by molar-refractivity contribution is -0.137. The molecular weight excluding hydrogens is 325 g/mol. The molecule has 3 nitrogen and oxygen atoms in total. The quantitative estimate of drug-likeness (QED) is 0.871. The predicted octanol–water partition coefficient (Wildman–Crippen LogP) is 3.16. The van der Waals surface area contributed by atoms with E-state index in [0.717, 1.165) is 12.5 Å². The standard InChI is InChI=1S/C12H12BrF3N2O/c13-7-3-4-9(8(6-7)12(14,15)16)18-11(19)10-2-1-5-17-10/h3-4,6,10,17H,1-2,5H2,(H,18,19). The molecule has 0 bridgehead atoms. The van der Waals surface area contributed by atoms with Gasteiger partial charge in [0.25, 0.3) is 0 Å². The molecule has 0 aromatic heterocycles. The highest BCUT2D eigenvalue weighted by molar-refractivity contribution is 9.10. The Morgan fingerprint density at radius 2 is 2.16 bits per heavy atom. The van der Waals surface area contributed by atoms with Crippen LogP contribution in [0.5, 0.6) is 0 Å². The summed E-state index contributed by atoms with van der Waals surface area (Å²) < 4.78 is 38.9.